The molecule has 2 rings (SSSR count). The summed E-state index contributed by atoms with van der Waals surface area (Å²) >= 11 is 0. The molecule has 0 bridgehead atoms. The molecule has 1 aromatic rings. The van der Waals surface area contributed by atoms with E-state index in [-0.39, 0.29) is 5.91 Å². The second kappa shape index (κ2) is 5.49. The van der Waals surface area contributed by atoms with Crippen LogP contribution in [0.25, 0.3) is 0 Å². The van der Waals surface area contributed by atoms with Gasteiger partial charge in [-0.1, -0.05) is 30.4 Å². The Morgan fingerprint density at radius 3 is 2.61 bits per heavy atom. The first-order chi connectivity index (χ1) is 8.68. The molecule has 94 valence electrons. The van der Waals surface area contributed by atoms with Gasteiger partial charge in [-0.05, 0) is 25.0 Å². The van der Waals surface area contributed by atoms with Gasteiger partial charge in [-0.25, -0.2) is 0 Å². The molecule has 0 aromatic heterocycles. The van der Waals surface area contributed by atoms with Crippen molar-refractivity contribution in [2.45, 2.75) is 12.8 Å². The lowest BCUT2D eigenvalue weighted by molar-refractivity contribution is -0.145. The molecule has 18 heavy (non-hydrogen) atoms. The van der Waals surface area contributed by atoms with Gasteiger partial charge in [0.05, 0.1) is 11.8 Å². The van der Waals surface area contributed by atoms with Crippen LogP contribution < -0.4 is 5.32 Å². The van der Waals surface area contributed by atoms with Gasteiger partial charge in [0.2, 0.25) is 5.91 Å². The van der Waals surface area contributed by atoms with E-state index >= 15 is 0 Å². The number of carbonyl (C=O) groups excluding carboxylic acids is 1. The fourth-order valence-electron chi connectivity index (χ4n) is 2.13. The molecular formula is C14H15NO3. The number of nitrogens with one attached hydrogen (secondary N) is 1. The Hall–Kier alpha value is -2.10. The van der Waals surface area contributed by atoms with Crippen molar-refractivity contribution in [1.29, 1.82) is 0 Å². The SMILES string of the molecule is O=C(Nc1ccccc1)C1C=CCCC1C(=O)O. The van der Waals surface area contributed by atoms with E-state index in [1.54, 1.807) is 18.2 Å². The zero-order chi connectivity index (χ0) is 13.0. The number of anilines is 1. The number of benzene rings is 1. The predicted octanol–water partition coefficient (Wildman–Crippen LogP) is 2.29. The third kappa shape index (κ3) is 2.77. The van der Waals surface area contributed by atoms with Gasteiger partial charge in [-0.15, -0.1) is 0 Å². The van der Waals surface area contributed by atoms with Crippen molar-refractivity contribution in [2.75, 3.05) is 5.32 Å². The average Bonchev–Trinajstić information content (AvgIpc) is 2.40. The Morgan fingerprint density at radius 1 is 1.22 bits per heavy atom. The highest BCUT2D eigenvalue weighted by atomic mass is 16.4. The predicted molar refractivity (Wildman–Crippen MR) is 68.1 cm³/mol. The maximum Gasteiger partial charge on any atom is 0.307 e. The van der Waals surface area contributed by atoms with Crippen LogP contribution in [-0.4, -0.2) is 17.0 Å². The fraction of sp³-hybridized carbons (Fsp3) is 0.286. The topological polar surface area (TPSA) is 66.4 Å². The summed E-state index contributed by atoms with van der Waals surface area (Å²) < 4.78 is 0. The van der Waals surface area contributed by atoms with E-state index in [2.05, 4.69) is 5.32 Å². The van der Waals surface area contributed by atoms with Crippen molar-refractivity contribution in [1.82, 2.24) is 0 Å². The van der Waals surface area contributed by atoms with Gasteiger partial charge in [-0.2, -0.15) is 0 Å². The summed E-state index contributed by atoms with van der Waals surface area (Å²) in [6.07, 6.45) is 4.79. The number of amides is 1. The lowest BCUT2D eigenvalue weighted by Crippen LogP contribution is -2.34. The van der Waals surface area contributed by atoms with E-state index in [9.17, 15) is 9.59 Å². The third-order valence-electron chi connectivity index (χ3n) is 3.08. The molecule has 2 atom stereocenters. The molecule has 4 heteroatoms. The molecule has 0 aliphatic heterocycles. The zero-order valence-electron chi connectivity index (χ0n) is 9.87. The molecule has 2 unspecified atom stereocenters. The molecule has 1 amide bonds. The van der Waals surface area contributed by atoms with Crippen LogP contribution in [0.1, 0.15) is 12.8 Å². The van der Waals surface area contributed by atoms with Crippen LogP contribution in [0, 0.1) is 11.8 Å². The first kappa shape index (κ1) is 12.4. The molecule has 0 radical (unpaired) electrons. The number of hydrogen-bond donors (Lipinski definition) is 2. The monoisotopic (exact) mass is 245 g/mol. The fourth-order valence-corrected chi connectivity index (χ4v) is 2.13. The van der Waals surface area contributed by atoms with Crippen LogP contribution in [0.2, 0.25) is 0 Å². The van der Waals surface area contributed by atoms with Crippen molar-refractivity contribution >= 4 is 17.6 Å². The minimum absolute atomic E-state index is 0.260. The van der Waals surface area contributed by atoms with E-state index in [0.29, 0.717) is 18.5 Å². The molecule has 0 saturated heterocycles. The minimum Gasteiger partial charge on any atom is -0.481 e. The highest BCUT2D eigenvalue weighted by Gasteiger charge is 2.33. The van der Waals surface area contributed by atoms with Crippen LogP contribution in [-0.2, 0) is 9.59 Å². The number of carbonyl (C=O) groups is 2. The Kier molecular flexibility index (Phi) is 3.77. The lowest BCUT2D eigenvalue weighted by atomic mass is 9.83. The van der Waals surface area contributed by atoms with E-state index < -0.39 is 17.8 Å². The van der Waals surface area contributed by atoms with Crippen molar-refractivity contribution in [3.8, 4) is 0 Å². The summed E-state index contributed by atoms with van der Waals surface area (Å²) in [5.41, 5.74) is 0.686. The summed E-state index contributed by atoms with van der Waals surface area (Å²) in [5.74, 6) is -2.38. The van der Waals surface area contributed by atoms with Crippen LogP contribution in [0.15, 0.2) is 42.5 Å². The quantitative estimate of drug-likeness (QED) is 0.803. The summed E-state index contributed by atoms with van der Waals surface area (Å²) in [6, 6.07) is 9.05. The largest absolute Gasteiger partial charge is 0.481 e. The minimum atomic E-state index is -0.910. The number of hydrogen-bond acceptors (Lipinski definition) is 2. The van der Waals surface area contributed by atoms with Gasteiger partial charge in [0.1, 0.15) is 0 Å². The van der Waals surface area contributed by atoms with Crippen LogP contribution in [0.3, 0.4) is 0 Å². The standard InChI is InChI=1S/C14H15NO3/c16-13(15-10-6-2-1-3-7-10)11-8-4-5-9-12(11)14(17)18/h1-4,6-8,11-12H,5,9H2,(H,15,16)(H,17,18). The van der Waals surface area contributed by atoms with E-state index in [0.717, 1.165) is 0 Å². The molecule has 0 spiro atoms. The molecule has 0 heterocycles. The van der Waals surface area contributed by atoms with Gasteiger partial charge in [0.25, 0.3) is 0 Å². The van der Waals surface area contributed by atoms with Gasteiger partial charge >= 0.3 is 5.97 Å². The van der Waals surface area contributed by atoms with E-state index in [4.69, 9.17) is 5.11 Å². The highest BCUT2D eigenvalue weighted by Crippen LogP contribution is 2.26. The van der Waals surface area contributed by atoms with Crippen LogP contribution in [0.5, 0.6) is 0 Å². The van der Waals surface area contributed by atoms with Crippen LogP contribution >= 0.6 is 0 Å². The number of carboxylic acids is 1. The Balaban J connectivity index is 2.10. The van der Waals surface area contributed by atoms with Gasteiger partial charge in [0, 0.05) is 5.69 Å². The number of rotatable bonds is 3. The Bertz CT molecular complexity index is 467. The first-order valence-electron chi connectivity index (χ1n) is 5.94. The van der Waals surface area contributed by atoms with Crippen molar-refractivity contribution in [3.63, 3.8) is 0 Å². The summed E-state index contributed by atoms with van der Waals surface area (Å²) in [6.45, 7) is 0. The summed E-state index contributed by atoms with van der Waals surface area (Å²) in [4.78, 5) is 23.2. The maximum absolute atomic E-state index is 12.1. The molecular weight excluding hydrogens is 230 g/mol. The molecule has 1 aliphatic carbocycles. The molecule has 2 N–H and O–H groups in total. The van der Waals surface area contributed by atoms with Crippen molar-refractivity contribution in [2.24, 2.45) is 11.8 Å². The second-order valence-electron chi connectivity index (χ2n) is 4.33. The highest BCUT2D eigenvalue weighted by molar-refractivity contribution is 5.96. The lowest BCUT2D eigenvalue weighted by Gasteiger charge is -2.23. The smallest absolute Gasteiger partial charge is 0.307 e. The number of carboxylic acid groups (broad SMARTS) is 1. The second-order valence-corrected chi connectivity index (χ2v) is 4.33. The Labute approximate surface area is 105 Å². The summed E-state index contributed by atoms with van der Waals surface area (Å²) in [5, 5.41) is 11.9. The van der Waals surface area contributed by atoms with Crippen molar-refractivity contribution < 1.29 is 14.7 Å². The van der Waals surface area contributed by atoms with E-state index in [1.165, 1.54) is 0 Å². The number of para-hydroxylation sites is 1. The first-order valence-corrected chi connectivity index (χ1v) is 5.94. The van der Waals surface area contributed by atoms with Gasteiger partial charge in [0.15, 0.2) is 0 Å². The molecule has 1 aliphatic rings. The van der Waals surface area contributed by atoms with E-state index in [1.807, 2.05) is 24.3 Å². The van der Waals surface area contributed by atoms with Crippen molar-refractivity contribution in [3.05, 3.63) is 42.5 Å². The molecule has 0 fully saturated rings. The Morgan fingerprint density at radius 2 is 1.94 bits per heavy atom. The molecule has 4 nitrogen and oxygen atoms in total. The zero-order valence-corrected chi connectivity index (χ0v) is 9.87. The normalized spacial score (nSPS) is 22.4. The third-order valence-corrected chi connectivity index (χ3v) is 3.08. The average molecular weight is 245 g/mol. The number of allylic oxidation sites excluding steroid dienone is 1. The summed E-state index contributed by atoms with van der Waals surface area (Å²) in [7, 11) is 0. The molecule has 1 aromatic carbocycles. The molecule has 0 saturated carbocycles. The van der Waals surface area contributed by atoms with Gasteiger partial charge < -0.3 is 10.4 Å². The van der Waals surface area contributed by atoms with Gasteiger partial charge in [-0.3, -0.25) is 9.59 Å². The maximum atomic E-state index is 12.1. The number of aliphatic carboxylic acids is 1. The van der Waals surface area contributed by atoms with Crippen LogP contribution in [0.4, 0.5) is 5.69 Å².